The Morgan fingerprint density at radius 2 is 1.07 bits per heavy atom. The summed E-state index contributed by atoms with van der Waals surface area (Å²) in [7, 11) is 0. The molecule has 0 saturated carbocycles. The monoisotopic (exact) mass is 826 g/mol. The van der Waals surface area contributed by atoms with Crippen molar-refractivity contribution in [2.75, 3.05) is 13.2 Å². The number of nitrogens with one attached hydrogen (secondary N) is 1. The average molecular weight is 826 g/mol. The Bertz CT molecular complexity index is 1240. The van der Waals surface area contributed by atoms with Crippen molar-refractivity contribution in [2.45, 2.75) is 198 Å². The second-order valence-electron chi connectivity index (χ2n) is 15.5. The molecule has 1 fully saturated rings. The van der Waals surface area contributed by atoms with Crippen molar-refractivity contribution in [1.82, 2.24) is 5.32 Å². The van der Waals surface area contributed by atoms with E-state index < -0.39 is 49.5 Å². The van der Waals surface area contributed by atoms with E-state index in [0.717, 1.165) is 96.3 Å². The first-order valence-corrected chi connectivity index (χ1v) is 23.0. The Morgan fingerprint density at radius 3 is 1.61 bits per heavy atom. The van der Waals surface area contributed by atoms with E-state index in [1.165, 1.54) is 38.5 Å². The molecule has 0 aliphatic carbocycles. The number of amides is 1. The molecule has 0 aromatic heterocycles. The molecule has 1 heterocycles. The fraction of sp³-hybridized carbons (Fsp3) is 0.660. The van der Waals surface area contributed by atoms with Gasteiger partial charge in [0.2, 0.25) is 5.91 Å². The molecule has 9 heteroatoms. The maximum absolute atomic E-state index is 12.9. The van der Waals surface area contributed by atoms with E-state index in [2.05, 4.69) is 104 Å². The molecule has 6 N–H and O–H groups in total. The molecule has 59 heavy (non-hydrogen) atoms. The standard InChI is InChI=1S/C50H83NO8/c1-3-5-7-9-11-12-13-14-15-16-17-18-19-20-21-22-23-24-25-26-27-28-29-30-31-32-34-36-38-40-46(54)51-43(44(53)39-37-35-33-10-8-6-4-2)42-58-50-49(57)48(56)47(55)45(41-52)59-50/h5,7-8,10-12,14-15,17-18,20-21,23-24,37,39,43-45,47-50,52-53,55-57H,3-4,6,9,13,16,19,22,25-36,38,40-42H2,1-2H3,(H,51,54)/b7-5-,10-8+,12-11-,15-14-,18-17-,21-20-,24-23-,39-37+. The molecule has 1 saturated heterocycles. The van der Waals surface area contributed by atoms with E-state index in [1.807, 2.05) is 6.08 Å². The van der Waals surface area contributed by atoms with Gasteiger partial charge < -0.3 is 40.3 Å². The van der Waals surface area contributed by atoms with Gasteiger partial charge in [0.05, 0.1) is 25.4 Å². The van der Waals surface area contributed by atoms with E-state index in [-0.39, 0.29) is 12.5 Å². The third-order valence-corrected chi connectivity index (χ3v) is 10.1. The Hall–Kier alpha value is -2.89. The SMILES string of the molecule is CC/C=C\C/C=C\C/C=C\C/C=C\C/C=C\C/C=C\CCCCCCCCCCCCC(=O)NC(COC1OC(CO)C(O)C(O)C1O)C(O)/C=C/CC/C=C/CCC. The molecule has 1 aliphatic rings. The highest BCUT2D eigenvalue weighted by Crippen LogP contribution is 2.22. The van der Waals surface area contributed by atoms with E-state index in [0.29, 0.717) is 6.42 Å². The zero-order chi connectivity index (χ0) is 43.0. The van der Waals surface area contributed by atoms with Crippen LogP contribution in [0.25, 0.3) is 0 Å². The second-order valence-corrected chi connectivity index (χ2v) is 15.5. The summed E-state index contributed by atoms with van der Waals surface area (Å²) in [6, 6.07) is -0.827. The van der Waals surface area contributed by atoms with Gasteiger partial charge >= 0.3 is 0 Å². The third kappa shape index (κ3) is 29.9. The van der Waals surface area contributed by atoms with Gasteiger partial charge in [-0.1, -0.05) is 169 Å². The summed E-state index contributed by atoms with van der Waals surface area (Å²) in [6.45, 7) is 3.50. The highest BCUT2D eigenvalue weighted by Gasteiger charge is 2.44. The van der Waals surface area contributed by atoms with Gasteiger partial charge in [-0.2, -0.15) is 0 Å². The average Bonchev–Trinajstić information content (AvgIpc) is 3.23. The Kier molecular flexibility index (Phi) is 36.0. The molecule has 336 valence electrons. The van der Waals surface area contributed by atoms with Crippen LogP contribution in [0.3, 0.4) is 0 Å². The van der Waals surface area contributed by atoms with Crippen LogP contribution in [-0.2, 0) is 14.3 Å². The second kappa shape index (κ2) is 39.3. The molecule has 1 amide bonds. The summed E-state index contributed by atoms with van der Waals surface area (Å²) < 4.78 is 11.1. The van der Waals surface area contributed by atoms with Gasteiger partial charge in [0.1, 0.15) is 24.4 Å². The predicted molar refractivity (Wildman–Crippen MR) is 244 cm³/mol. The molecule has 1 aliphatic heterocycles. The van der Waals surface area contributed by atoms with Crippen molar-refractivity contribution < 1.29 is 39.8 Å². The van der Waals surface area contributed by atoms with Crippen LogP contribution in [0.5, 0.6) is 0 Å². The van der Waals surface area contributed by atoms with Crippen molar-refractivity contribution in [2.24, 2.45) is 0 Å². The topological polar surface area (TPSA) is 149 Å². The number of hydrogen-bond acceptors (Lipinski definition) is 8. The largest absolute Gasteiger partial charge is 0.394 e. The number of aliphatic hydroxyl groups excluding tert-OH is 5. The number of hydrogen-bond donors (Lipinski definition) is 6. The highest BCUT2D eigenvalue weighted by molar-refractivity contribution is 5.76. The minimum atomic E-state index is -1.57. The zero-order valence-corrected chi connectivity index (χ0v) is 36.7. The van der Waals surface area contributed by atoms with Gasteiger partial charge in [0.25, 0.3) is 0 Å². The number of carbonyl (C=O) groups is 1. The van der Waals surface area contributed by atoms with Crippen LogP contribution in [-0.4, -0.2) is 87.5 Å². The molecule has 9 nitrogen and oxygen atoms in total. The summed E-state index contributed by atoms with van der Waals surface area (Å²) in [5, 5.41) is 53.8. The van der Waals surface area contributed by atoms with Gasteiger partial charge in [0.15, 0.2) is 6.29 Å². The molecular weight excluding hydrogens is 743 g/mol. The van der Waals surface area contributed by atoms with Crippen LogP contribution < -0.4 is 5.32 Å². The Morgan fingerprint density at radius 1 is 0.593 bits per heavy atom. The lowest BCUT2D eigenvalue weighted by Crippen LogP contribution is -2.60. The first kappa shape index (κ1) is 54.1. The first-order valence-electron chi connectivity index (χ1n) is 23.0. The molecule has 0 radical (unpaired) electrons. The van der Waals surface area contributed by atoms with Crippen molar-refractivity contribution in [3.8, 4) is 0 Å². The minimum absolute atomic E-state index is 0.202. The molecule has 0 bridgehead atoms. The molecular formula is C50H83NO8. The van der Waals surface area contributed by atoms with Crippen LogP contribution in [0.1, 0.15) is 155 Å². The maximum Gasteiger partial charge on any atom is 0.220 e. The zero-order valence-electron chi connectivity index (χ0n) is 36.7. The maximum atomic E-state index is 12.9. The van der Waals surface area contributed by atoms with Crippen LogP contribution >= 0.6 is 0 Å². The smallest absolute Gasteiger partial charge is 0.220 e. The number of ether oxygens (including phenoxy) is 2. The Balaban J connectivity index is 2.18. The van der Waals surface area contributed by atoms with Crippen molar-refractivity contribution >= 4 is 5.91 Å². The fourth-order valence-electron chi connectivity index (χ4n) is 6.47. The first-order chi connectivity index (χ1) is 28.8. The van der Waals surface area contributed by atoms with Crippen molar-refractivity contribution in [1.29, 1.82) is 0 Å². The fourth-order valence-corrected chi connectivity index (χ4v) is 6.47. The molecule has 0 aromatic carbocycles. The third-order valence-electron chi connectivity index (χ3n) is 10.1. The lowest BCUT2D eigenvalue weighted by molar-refractivity contribution is -0.302. The summed E-state index contributed by atoms with van der Waals surface area (Å²) in [5.41, 5.74) is 0. The molecule has 7 atom stereocenters. The van der Waals surface area contributed by atoms with E-state index in [9.17, 15) is 30.3 Å². The summed E-state index contributed by atoms with van der Waals surface area (Å²) in [4.78, 5) is 12.9. The lowest BCUT2D eigenvalue weighted by atomic mass is 9.99. The quantitative estimate of drug-likeness (QED) is 0.0270. The van der Waals surface area contributed by atoms with Gasteiger partial charge in [-0.25, -0.2) is 0 Å². The summed E-state index contributed by atoms with van der Waals surface area (Å²) in [5.74, 6) is -0.202. The van der Waals surface area contributed by atoms with Gasteiger partial charge in [-0.05, 0) is 77.0 Å². The van der Waals surface area contributed by atoms with Gasteiger partial charge in [0, 0.05) is 6.42 Å². The van der Waals surface area contributed by atoms with Gasteiger partial charge in [-0.3, -0.25) is 4.79 Å². The van der Waals surface area contributed by atoms with Crippen LogP contribution in [0.2, 0.25) is 0 Å². The Labute approximate surface area is 358 Å². The number of carbonyl (C=O) groups excluding carboxylic acids is 1. The number of aliphatic hydroxyl groups is 5. The molecule has 0 spiro atoms. The van der Waals surface area contributed by atoms with Crippen molar-refractivity contribution in [3.05, 3.63) is 97.2 Å². The minimum Gasteiger partial charge on any atom is -0.394 e. The number of unbranched alkanes of at least 4 members (excludes halogenated alkanes) is 12. The van der Waals surface area contributed by atoms with E-state index in [1.54, 1.807) is 6.08 Å². The van der Waals surface area contributed by atoms with E-state index in [4.69, 9.17) is 9.47 Å². The van der Waals surface area contributed by atoms with Crippen molar-refractivity contribution in [3.63, 3.8) is 0 Å². The summed E-state index contributed by atoms with van der Waals surface area (Å²) in [6.07, 6.45) is 49.2. The van der Waals surface area contributed by atoms with E-state index >= 15 is 0 Å². The normalized spacial score (nSPS) is 21.6. The molecule has 1 rings (SSSR count). The molecule has 0 aromatic rings. The molecule has 7 unspecified atom stereocenters. The van der Waals surface area contributed by atoms with Crippen LogP contribution in [0.4, 0.5) is 0 Å². The summed E-state index contributed by atoms with van der Waals surface area (Å²) >= 11 is 0. The van der Waals surface area contributed by atoms with Crippen LogP contribution in [0.15, 0.2) is 97.2 Å². The number of rotatable bonds is 36. The predicted octanol–water partition coefficient (Wildman–Crippen LogP) is 9.72. The van der Waals surface area contributed by atoms with Crippen LogP contribution in [0, 0.1) is 0 Å². The highest BCUT2D eigenvalue weighted by atomic mass is 16.7. The number of allylic oxidation sites excluding steroid dienone is 15. The van der Waals surface area contributed by atoms with Gasteiger partial charge in [-0.15, -0.1) is 0 Å². The lowest BCUT2D eigenvalue weighted by Gasteiger charge is -2.40.